The van der Waals surface area contributed by atoms with Crippen LogP contribution in [-0.2, 0) is 16.8 Å². The number of halogens is 1. The zero-order valence-corrected chi connectivity index (χ0v) is 16.8. The Hall–Kier alpha value is -2.29. The van der Waals surface area contributed by atoms with Crippen LogP contribution in [-0.4, -0.2) is 6.61 Å². The summed E-state index contributed by atoms with van der Waals surface area (Å²) in [6.45, 7) is 7.73. The smallest absolute Gasteiger partial charge is 0.128 e. The summed E-state index contributed by atoms with van der Waals surface area (Å²) in [6, 6.07) is 23.9. The third-order valence-electron chi connectivity index (χ3n) is 4.46. The molecule has 0 aliphatic heterocycles. The molecular formula is C24H25ClO2. The highest BCUT2D eigenvalue weighted by atomic mass is 35.5. The van der Waals surface area contributed by atoms with Gasteiger partial charge in [-0.15, -0.1) is 0 Å². The molecule has 0 amide bonds. The largest absolute Gasteiger partial charge is 0.457 e. The number of ether oxygens (including phenoxy) is 2. The Morgan fingerprint density at radius 1 is 0.852 bits per heavy atom. The van der Waals surface area contributed by atoms with Gasteiger partial charge < -0.3 is 9.47 Å². The van der Waals surface area contributed by atoms with Gasteiger partial charge in [0.25, 0.3) is 0 Å². The predicted octanol–water partition coefficient (Wildman–Crippen LogP) is 6.94. The average Bonchev–Trinajstić information content (AvgIpc) is 2.62. The number of hydrogen-bond acceptors (Lipinski definition) is 2. The molecule has 0 N–H and O–H groups in total. The number of rotatable bonds is 7. The Morgan fingerprint density at radius 2 is 1.56 bits per heavy atom. The Kier molecular flexibility index (Phi) is 6.20. The van der Waals surface area contributed by atoms with E-state index >= 15 is 0 Å². The van der Waals surface area contributed by atoms with Crippen LogP contribution in [0.4, 0.5) is 0 Å². The summed E-state index contributed by atoms with van der Waals surface area (Å²) in [5.41, 5.74) is 3.60. The maximum atomic E-state index is 6.03. The first-order valence-electron chi connectivity index (χ1n) is 9.10. The van der Waals surface area contributed by atoms with E-state index in [1.807, 2.05) is 42.5 Å². The van der Waals surface area contributed by atoms with Crippen molar-refractivity contribution in [1.82, 2.24) is 0 Å². The van der Waals surface area contributed by atoms with Crippen LogP contribution in [0.3, 0.4) is 0 Å². The lowest BCUT2D eigenvalue weighted by Gasteiger charge is -2.25. The summed E-state index contributed by atoms with van der Waals surface area (Å²) in [5.74, 6) is 1.50. The van der Waals surface area contributed by atoms with Crippen LogP contribution in [0.2, 0.25) is 5.02 Å². The molecule has 2 nitrogen and oxygen atoms in total. The lowest BCUT2D eigenvalue weighted by atomic mass is 9.85. The summed E-state index contributed by atoms with van der Waals surface area (Å²) in [4.78, 5) is 0. The maximum Gasteiger partial charge on any atom is 0.128 e. The normalized spacial score (nSPS) is 11.4. The quantitative estimate of drug-likeness (QED) is 0.442. The minimum Gasteiger partial charge on any atom is -0.457 e. The van der Waals surface area contributed by atoms with Crippen LogP contribution in [0.15, 0.2) is 72.8 Å². The van der Waals surface area contributed by atoms with E-state index in [0.29, 0.717) is 18.2 Å². The third kappa shape index (κ3) is 5.59. The van der Waals surface area contributed by atoms with Crippen molar-refractivity contribution in [3.05, 3.63) is 94.5 Å². The van der Waals surface area contributed by atoms with Crippen molar-refractivity contribution in [2.75, 3.05) is 6.61 Å². The molecule has 0 saturated carbocycles. The van der Waals surface area contributed by atoms with Crippen molar-refractivity contribution in [2.45, 2.75) is 32.8 Å². The second kappa shape index (κ2) is 8.60. The Morgan fingerprint density at radius 3 is 2.30 bits per heavy atom. The molecule has 0 aromatic heterocycles. The minimum atomic E-state index is -0.0408. The minimum absolute atomic E-state index is 0.0408. The highest BCUT2D eigenvalue weighted by Gasteiger charge is 2.21. The lowest BCUT2D eigenvalue weighted by molar-refractivity contribution is 0.0824. The van der Waals surface area contributed by atoms with Crippen molar-refractivity contribution >= 4 is 11.6 Å². The van der Waals surface area contributed by atoms with Crippen molar-refractivity contribution in [3.63, 3.8) is 0 Å². The molecule has 140 valence electrons. The second-order valence-electron chi connectivity index (χ2n) is 7.45. The number of hydrogen-bond donors (Lipinski definition) is 0. The standard InChI is InChI=1S/C24H25ClO2/c1-18-7-4-9-20(13-18)24(2,3)17-26-16-19-8-5-11-22(14-19)27-23-12-6-10-21(25)15-23/h4-15H,16-17H2,1-3H3. The van der Waals surface area contributed by atoms with Gasteiger partial charge in [-0.25, -0.2) is 0 Å². The first-order valence-corrected chi connectivity index (χ1v) is 9.47. The maximum absolute atomic E-state index is 6.03. The monoisotopic (exact) mass is 380 g/mol. The topological polar surface area (TPSA) is 18.5 Å². The van der Waals surface area contributed by atoms with Gasteiger partial charge in [0.2, 0.25) is 0 Å². The molecule has 0 aliphatic rings. The van der Waals surface area contributed by atoms with Gasteiger partial charge in [0.1, 0.15) is 11.5 Å². The Balaban J connectivity index is 1.60. The zero-order valence-electron chi connectivity index (χ0n) is 16.0. The average molecular weight is 381 g/mol. The Labute approximate surface area is 166 Å². The molecule has 0 aliphatic carbocycles. The lowest BCUT2D eigenvalue weighted by Crippen LogP contribution is -2.24. The molecule has 3 aromatic rings. The van der Waals surface area contributed by atoms with Crippen molar-refractivity contribution in [3.8, 4) is 11.5 Å². The number of aryl methyl sites for hydroxylation is 1. The van der Waals surface area contributed by atoms with Crippen LogP contribution in [0, 0.1) is 6.92 Å². The molecule has 3 rings (SSSR count). The van der Waals surface area contributed by atoms with Crippen molar-refractivity contribution in [1.29, 1.82) is 0 Å². The highest BCUT2D eigenvalue weighted by Crippen LogP contribution is 2.27. The molecule has 0 saturated heterocycles. The van der Waals surface area contributed by atoms with Gasteiger partial charge >= 0.3 is 0 Å². The van der Waals surface area contributed by atoms with Crippen LogP contribution < -0.4 is 4.74 Å². The van der Waals surface area contributed by atoms with Crippen LogP contribution >= 0.6 is 11.6 Å². The van der Waals surface area contributed by atoms with Gasteiger partial charge in [0.15, 0.2) is 0 Å². The van der Waals surface area contributed by atoms with E-state index in [1.54, 1.807) is 6.07 Å². The summed E-state index contributed by atoms with van der Waals surface area (Å²) < 4.78 is 11.9. The van der Waals surface area contributed by atoms with E-state index in [2.05, 4.69) is 45.0 Å². The summed E-state index contributed by atoms with van der Waals surface area (Å²) in [7, 11) is 0. The number of benzene rings is 3. The van der Waals surface area contributed by atoms with Gasteiger partial charge in [0.05, 0.1) is 13.2 Å². The molecule has 3 heteroatoms. The SMILES string of the molecule is Cc1cccc(C(C)(C)COCc2cccc(Oc3cccc(Cl)c3)c2)c1. The van der Waals surface area contributed by atoms with E-state index < -0.39 is 0 Å². The van der Waals surface area contributed by atoms with E-state index in [-0.39, 0.29) is 5.41 Å². The molecular weight excluding hydrogens is 356 g/mol. The molecule has 0 atom stereocenters. The Bertz CT molecular complexity index is 902. The van der Waals surface area contributed by atoms with Crippen molar-refractivity contribution in [2.24, 2.45) is 0 Å². The summed E-state index contributed by atoms with van der Waals surface area (Å²) >= 11 is 6.01. The van der Waals surface area contributed by atoms with Gasteiger partial charge in [0, 0.05) is 10.4 Å². The van der Waals surface area contributed by atoms with Gasteiger partial charge in [-0.3, -0.25) is 0 Å². The fraction of sp³-hybridized carbons (Fsp3) is 0.250. The molecule has 3 aromatic carbocycles. The first kappa shape index (κ1) is 19.5. The van der Waals surface area contributed by atoms with E-state index in [4.69, 9.17) is 21.1 Å². The van der Waals surface area contributed by atoms with Crippen LogP contribution in [0.1, 0.15) is 30.5 Å². The fourth-order valence-corrected chi connectivity index (χ4v) is 3.12. The molecule has 0 bridgehead atoms. The second-order valence-corrected chi connectivity index (χ2v) is 7.89. The fourth-order valence-electron chi connectivity index (χ4n) is 2.94. The summed E-state index contributed by atoms with van der Waals surface area (Å²) in [6.07, 6.45) is 0. The highest BCUT2D eigenvalue weighted by molar-refractivity contribution is 6.30. The van der Waals surface area contributed by atoms with E-state index in [1.165, 1.54) is 11.1 Å². The molecule has 0 spiro atoms. The molecule has 0 unspecified atom stereocenters. The van der Waals surface area contributed by atoms with E-state index in [0.717, 1.165) is 17.1 Å². The van der Waals surface area contributed by atoms with Gasteiger partial charge in [-0.1, -0.05) is 73.5 Å². The van der Waals surface area contributed by atoms with Gasteiger partial charge in [-0.2, -0.15) is 0 Å². The van der Waals surface area contributed by atoms with Gasteiger partial charge in [-0.05, 0) is 48.4 Å². The molecule has 0 radical (unpaired) electrons. The first-order chi connectivity index (χ1) is 12.9. The van der Waals surface area contributed by atoms with E-state index in [9.17, 15) is 0 Å². The predicted molar refractivity (Wildman–Crippen MR) is 112 cm³/mol. The third-order valence-corrected chi connectivity index (χ3v) is 4.70. The molecule has 0 heterocycles. The van der Waals surface area contributed by atoms with Crippen LogP contribution in [0.25, 0.3) is 0 Å². The molecule has 27 heavy (non-hydrogen) atoms. The molecule has 0 fully saturated rings. The zero-order chi connectivity index (χ0) is 19.3. The van der Waals surface area contributed by atoms with Crippen molar-refractivity contribution < 1.29 is 9.47 Å². The van der Waals surface area contributed by atoms with Crippen LogP contribution in [0.5, 0.6) is 11.5 Å². The summed E-state index contributed by atoms with van der Waals surface area (Å²) in [5, 5.41) is 0.658.